The van der Waals surface area contributed by atoms with Crippen molar-refractivity contribution in [3.05, 3.63) is 40.2 Å². The van der Waals surface area contributed by atoms with Crippen molar-refractivity contribution in [2.75, 3.05) is 0 Å². The first kappa shape index (κ1) is 14.4. The van der Waals surface area contributed by atoms with E-state index in [1.807, 2.05) is 20.8 Å². The number of aromatic nitrogens is 1. The highest BCUT2D eigenvalue weighted by atomic mass is 19.4. The zero-order valence-electron chi connectivity index (χ0n) is 11.3. The Morgan fingerprint density at radius 2 is 1.75 bits per heavy atom. The van der Waals surface area contributed by atoms with Gasteiger partial charge in [-0.3, -0.25) is 4.79 Å². The summed E-state index contributed by atoms with van der Waals surface area (Å²) < 4.78 is 40.3. The van der Waals surface area contributed by atoms with Gasteiger partial charge in [-0.1, -0.05) is 20.8 Å². The minimum Gasteiger partial charge on any atom is -0.406 e. The van der Waals surface area contributed by atoms with E-state index in [2.05, 4.69) is 9.72 Å². The molecule has 0 bridgehead atoms. The van der Waals surface area contributed by atoms with Gasteiger partial charge >= 0.3 is 6.36 Å². The molecular formula is C14H14F3NO2. The van der Waals surface area contributed by atoms with Gasteiger partial charge in [-0.2, -0.15) is 0 Å². The maximum atomic E-state index is 12.2. The van der Waals surface area contributed by atoms with Crippen molar-refractivity contribution in [3.63, 3.8) is 0 Å². The maximum absolute atomic E-state index is 12.2. The molecule has 1 aromatic heterocycles. The summed E-state index contributed by atoms with van der Waals surface area (Å²) in [6, 6.07) is 5.08. The predicted molar refractivity (Wildman–Crippen MR) is 70.0 cm³/mol. The number of aromatic amines is 1. The van der Waals surface area contributed by atoms with Crippen LogP contribution in [0.2, 0.25) is 0 Å². The van der Waals surface area contributed by atoms with Crippen LogP contribution in [-0.4, -0.2) is 11.3 Å². The van der Waals surface area contributed by atoms with Crippen molar-refractivity contribution in [1.29, 1.82) is 0 Å². The number of alkyl halides is 3. The Morgan fingerprint density at radius 1 is 1.10 bits per heavy atom. The average molecular weight is 285 g/mol. The van der Waals surface area contributed by atoms with Crippen molar-refractivity contribution in [2.24, 2.45) is 0 Å². The van der Waals surface area contributed by atoms with E-state index in [-0.39, 0.29) is 16.2 Å². The zero-order valence-corrected chi connectivity index (χ0v) is 11.3. The topological polar surface area (TPSA) is 42.1 Å². The SMILES string of the molecule is CC(C)(C)c1cc(=O)c2cc(OC(F)(F)F)ccc2[nH]1. The Hall–Kier alpha value is -1.98. The molecule has 0 amide bonds. The average Bonchev–Trinajstić information content (AvgIpc) is 2.26. The van der Waals surface area contributed by atoms with Crippen molar-refractivity contribution in [3.8, 4) is 5.75 Å². The highest BCUT2D eigenvalue weighted by Gasteiger charge is 2.31. The smallest absolute Gasteiger partial charge is 0.406 e. The summed E-state index contributed by atoms with van der Waals surface area (Å²) in [5.74, 6) is -0.404. The quantitative estimate of drug-likeness (QED) is 0.867. The van der Waals surface area contributed by atoms with Gasteiger partial charge in [-0.15, -0.1) is 13.2 Å². The van der Waals surface area contributed by atoms with Crippen LogP contribution in [0.4, 0.5) is 13.2 Å². The molecule has 0 radical (unpaired) electrons. The number of ether oxygens (including phenoxy) is 1. The molecule has 3 nitrogen and oxygen atoms in total. The molecule has 1 N–H and O–H groups in total. The number of benzene rings is 1. The van der Waals surface area contributed by atoms with E-state index in [0.717, 1.165) is 11.8 Å². The van der Waals surface area contributed by atoms with Crippen molar-refractivity contribution in [2.45, 2.75) is 32.5 Å². The molecule has 0 saturated carbocycles. The summed E-state index contributed by atoms with van der Waals surface area (Å²) in [5, 5.41) is 0.166. The third-order valence-corrected chi connectivity index (χ3v) is 2.84. The number of pyridine rings is 1. The lowest BCUT2D eigenvalue weighted by molar-refractivity contribution is -0.274. The van der Waals surface area contributed by atoms with E-state index in [0.29, 0.717) is 5.52 Å². The Bertz CT molecular complexity index is 696. The Morgan fingerprint density at radius 3 is 2.30 bits per heavy atom. The lowest BCUT2D eigenvalue weighted by atomic mass is 9.91. The molecule has 2 aromatic rings. The summed E-state index contributed by atoms with van der Waals surface area (Å²) in [6.45, 7) is 5.81. The summed E-state index contributed by atoms with van der Waals surface area (Å²) in [5.41, 5.74) is 0.613. The monoisotopic (exact) mass is 285 g/mol. The van der Waals surface area contributed by atoms with E-state index in [9.17, 15) is 18.0 Å². The van der Waals surface area contributed by atoms with Crippen molar-refractivity contribution < 1.29 is 17.9 Å². The zero-order chi connectivity index (χ0) is 15.1. The summed E-state index contributed by atoms with van der Waals surface area (Å²) in [4.78, 5) is 15.1. The molecule has 0 aliphatic rings. The summed E-state index contributed by atoms with van der Waals surface area (Å²) in [6.07, 6.45) is -4.77. The molecular weight excluding hydrogens is 271 g/mol. The van der Waals surface area contributed by atoms with Crippen molar-refractivity contribution in [1.82, 2.24) is 4.98 Å². The van der Waals surface area contributed by atoms with Crippen LogP contribution in [0.1, 0.15) is 26.5 Å². The van der Waals surface area contributed by atoms with E-state index in [4.69, 9.17) is 0 Å². The number of fused-ring (bicyclic) bond motifs is 1. The molecule has 0 aliphatic carbocycles. The number of rotatable bonds is 1. The van der Waals surface area contributed by atoms with E-state index >= 15 is 0 Å². The fraction of sp³-hybridized carbons (Fsp3) is 0.357. The van der Waals surface area contributed by atoms with Crippen LogP contribution in [0.5, 0.6) is 5.75 Å². The molecule has 0 aliphatic heterocycles. The molecule has 0 fully saturated rings. The highest BCUT2D eigenvalue weighted by Crippen LogP contribution is 2.26. The van der Waals surface area contributed by atoms with E-state index < -0.39 is 12.1 Å². The minimum absolute atomic E-state index is 0.166. The second kappa shape index (κ2) is 4.54. The second-order valence-electron chi connectivity index (χ2n) is 5.55. The highest BCUT2D eigenvalue weighted by molar-refractivity contribution is 5.80. The fourth-order valence-electron chi connectivity index (χ4n) is 1.83. The number of halogens is 3. The van der Waals surface area contributed by atoms with Crippen LogP contribution in [0.25, 0.3) is 10.9 Å². The van der Waals surface area contributed by atoms with Gasteiger partial charge < -0.3 is 9.72 Å². The first-order valence-corrected chi connectivity index (χ1v) is 5.99. The van der Waals surface area contributed by atoms with Gasteiger partial charge in [-0.25, -0.2) is 0 Å². The maximum Gasteiger partial charge on any atom is 0.573 e. The first-order chi connectivity index (χ1) is 9.06. The normalized spacial score (nSPS) is 12.7. The van der Waals surface area contributed by atoms with E-state index in [1.165, 1.54) is 18.2 Å². The lowest BCUT2D eigenvalue weighted by Gasteiger charge is -2.19. The number of hydrogen-bond donors (Lipinski definition) is 1. The first-order valence-electron chi connectivity index (χ1n) is 5.99. The van der Waals surface area contributed by atoms with Gasteiger partial charge in [0.05, 0.1) is 0 Å². The molecule has 0 atom stereocenters. The van der Waals surface area contributed by atoms with Crippen LogP contribution < -0.4 is 10.2 Å². The number of hydrogen-bond acceptors (Lipinski definition) is 2. The van der Waals surface area contributed by atoms with Gasteiger partial charge in [-0.05, 0) is 18.2 Å². The van der Waals surface area contributed by atoms with Gasteiger partial charge in [0.25, 0.3) is 0 Å². The van der Waals surface area contributed by atoms with E-state index in [1.54, 1.807) is 0 Å². The summed E-state index contributed by atoms with van der Waals surface area (Å²) >= 11 is 0. The van der Waals surface area contributed by atoms with Gasteiger partial charge in [0, 0.05) is 28.1 Å². The molecule has 1 aromatic carbocycles. The van der Waals surface area contributed by atoms with Crippen LogP contribution in [-0.2, 0) is 5.41 Å². The third-order valence-electron chi connectivity index (χ3n) is 2.84. The van der Waals surface area contributed by atoms with Gasteiger partial charge in [0.1, 0.15) is 5.75 Å². The Balaban J connectivity index is 2.55. The molecule has 1 heterocycles. The Kier molecular flexibility index (Phi) is 3.28. The van der Waals surface area contributed by atoms with Crippen LogP contribution in [0.15, 0.2) is 29.1 Å². The standard InChI is InChI=1S/C14H14F3NO2/c1-13(2,3)12-7-11(19)9-6-8(20-14(15,16)17)4-5-10(9)18-12/h4-7H,1-3H3,(H,18,19). The molecule has 2 rings (SSSR count). The number of H-pyrrole nitrogens is 1. The Labute approximate surface area is 113 Å². The molecule has 0 spiro atoms. The molecule has 108 valence electrons. The van der Waals surface area contributed by atoms with Gasteiger partial charge in [0.2, 0.25) is 0 Å². The largest absolute Gasteiger partial charge is 0.573 e. The van der Waals surface area contributed by atoms with Crippen molar-refractivity contribution >= 4 is 10.9 Å². The van der Waals surface area contributed by atoms with Crippen LogP contribution in [0.3, 0.4) is 0 Å². The van der Waals surface area contributed by atoms with Crippen LogP contribution in [0, 0.1) is 0 Å². The molecule has 0 unspecified atom stereocenters. The number of nitrogens with one attached hydrogen (secondary N) is 1. The fourth-order valence-corrected chi connectivity index (χ4v) is 1.83. The molecule has 0 saturated heterocycles. The summed E-state index contributed by atoms with van der Waals surface area (Å²) in [7, 11) is 0. The van der Waals surface area contributed by atoms with Gasteiger partial charge in [0.15, 0.2) is 5.43 Å². The lowest BCUT2D eigenvalue weighted by Crippen LogP contribution is -2.19. The molecule has 6 heteroatoms. The second-order valence-corrected chi connectivity index (χ2v) is 5.55. The van der Waals surface area contributed by atoms with Crippen LogP contribution >= 0.6 is 0 Å². The predicted octanol–water partition coefficient (Wildman–Crippen LogP) is 3.72. The minimum atomic E-state index is -4.77. The molecule has 20 heavy (non-hydrogen) atoms. The third kappa shape index (κ3) is 3.12.